The molecule has 0 spiro atoms. The minimum atomic E-state index is -0.106. The number of nitrogen functional groups attached to an aromatic ring is 1. The molecule has 5 heteroatoms. The van der Waals surface area contributed by atoms with Crippen molar-refractivity contribution in [3.05, 3.63) is 59.4 Å². The molecule has 3 rings (SSSR count). The van der Waals surface area contributed by atoms with E-state index in [0.717, 1.165) is 11.1 Å². The molecule has 0 bridgehead atoms. The van der Waals surface area contributed by atoms with Crippen molar-refractivity contribution >= 4 is 17.0 Å². The highest BCUT2D eigenvalue weighted by atomic mass is 16.5. The zero-order valence-corrected chi connectivity index (χ0v) is 13.3. The monoisotopic (exact) mass is 310 g/mol. The second kappa shape index (κ2) is 5.68. The van der Waals surface area contributed by atoms with E-state index in [1.807, 2.05) is 35.7 Å². The van der Waals surface area contributed by atoms with E-state index in [4.69, 9.17) is 15.2 Å². The average Bonchev–Trinajstić information content (AvgIpc) is 2.85. The fourth-order valence-corrected chi connectivity index (χ4v) is 2.83. The van der Waals surface area contributed by atoms with Crippen LogP contribution in [0.3, 0.4) is 0 Å². The number of carbonyl (C=O) groups excluding carboxylic acids is 1. The maximum atomic E-state index is 13.0. The lowest BCUT2D eigenvalue weighted by Gasteiger charge is -2.08. The van der Waals surface area contributed by atoms with Crippen molar-refractivity contribution in [2.75, 3.05) is 20.0 Å². The maximum Gasteiger partial charge on any atom is 0.210 e. The topological polar surface area (TPSA) is 66.0 Å². The maximum absolute atomic E-state index is 13.0. The number of benzene rings is 1. The first-order valence-corrected chi connectivity index (χ1v) is 7.20. The first-order valence-electron chi connectivity index (χ1n) is 7.20. The molecule has 0 atom stereocenters. The summed E-state index contributed by atoms with van der Waals surface area (Å²) in [6.07, 6.45) is 1.85. The summed E-state index contributed by atoms with van der Waals surface area (Å²) in [5.74, 6) is 1.09. The van der Waals surface area contributed by atoms with Crippen molar-refractivity contribution in [3.63, 3.8) is 0 Å². The Morgan fingerprint density at radius 1 is 1.13 bits per heavy atom. The smallest absolute Gasteiger partial charge is 0.210 e. The van der Waals surface area contributed by atoms with Gasteiger partial charge in [-0.15, -0.1) is 0 Å². The third kappa shape index (κ3) is 2.30. The predicted octanol–water partition coefficient (Wildman–Crippen LogP) is 3.08. The van der Waals surface area contributed by atoms with E-state index < -0.39 is 0 Å². The number of nitrogens with two attached hydrogens (primary N) is 1. The van der Waals surface area contributed by atoms with Gasteiger partial charge in [-0.3, -0.25) is 4.79 Å². The summed E-state index contributed by atoms with van der Waals surface area (Å²) in [7, 11) is 3.14. The molecule has 0 aliphatic rings. The van der Waals surface area contributed by atoms with Crippen LogP contribution in [-0.2, 0) is 0 Å². The van der Waals surface area contributed by atoms with Gasteiger partial charge in [0.25, 0.3) is 0 Å². The Hall–Kier alpha value is -2.95. The van der Waals surface area contributed by atoms with E-state index >= 15 is 0 Å². The highest BCUT2D eigenvalue weighted by Crippen LogP contribution is 2.32. The Morgan fingerprint density at radius 3 is 2.61 bits per heavy atom. The summed E-state index contributed by atoms with van der Waals surface area (Å²) in [6.45, 7) is 1.88. The number of ether oxygens (including phenoxy) is 2. The number of anilines is 1. The number of pyridine rings is 1. The number of carbonyl (C=O) groups is 1. The molecule has 0 saturated heterocycles. The molecule has 2 N–H and O–H groups in total. The van der Waals surface area contributed by atoms with Gasteiger partial charge in [-0.2, -0.15) is 0 Å². The normalized spacial score (nSPS) is 10.7. The lowest BCUT2D eigenvalue weighted by Crippen LogP contribution is -2.07. The molecular weight excluding hydrogens is 292 g/mol. The molecule has 5 nitrogen and oxygen atoms in total. The number of rotatable bonds is 4. The number of fused-ring (bicyclic) bond motifs is 1. The number of ketones is 1. The van der Waals surface area contributed by atoms with Gasteiger partial charge in [0.2, 0.25) is 5.78 Å². The van der Waals surface area contributed by atoms with Gasteiger partial charge in [0.05, 0.1) is 25.4 Å². The Kier molecular flexibility index (Phi) is 3.70. The molecule has 3 aromatic rings. The molecule has 0 aliphatic carbocycles. The summed E-state index contributed by atoms with van der Waals surface area (Å²) in [4.78, 5) is 13.0. The molecule has 0 aliphatic heterocycles. The van der Waals surface area contributed by atoms with Crippen LogP contribution >= 0.6 is 0 Å². The summed E-state index contributed by atoms with van der Waals surface area (Å²) in [5, 5.41) is 0. The van der Waals surface area contributed by atoms with Crippen LogP contribution in [0, 0.1) is 6.92 Å². The molecule has 0 radical (unpaired) electrons. The molecular formula is C18H18N2O3. The molecule has 2 aromatic heterocycles. The van der Waals surface area contributed by atoms with E-state index in [-0.39, 0.29) is 5.78 Å². The van der Waals surface area contributed by atoms with Crippen LogP contribution in [0.15, 0.2) is 42.6 Å². The van der Waals surface area contributed by atoms with Crippen LogP contribution < -0.4 is 15.2 Å². The van der Waals surface area contributed by atoms with Gasteiger partial charge >= 0.3 is 0 Å². The van der Waals surface area contributed by atoms with Gasteiger partial charge in [-0.25, -0.2) is 0 Å². The molecule has 0 unspecified atom stereocenters. The molecule has 0 fully saturated rings. The second-order valence-corrected chi connectivity index (χ2v) is 5.25. The predicted molar refractivity (Wildman–Crippen MR) is 89.5 cm³/mol. The first kappa shape index (κ1) is 15.0. The van der Waals surface area contributed by atoms with Crippen molar-refractivity contribution in [2.45, 2.75) is 6.92 Å². The zero-order chi connectivity index (χ0) is 16.6. The minimum Gasteiger partial charge on any atom is -0.495 e. The first-order chi connectivity index (χ1) is 11.1. The number of hydrogen-bond donors (Lipinski definition) is 1. The van der Waals surface area contributed by atoms with E-state index in [2.05, 4.69) is 0 Å². The average molecular weight is 310 g/mol. The highest BCUT2D eigenvalue weighted by Gasteiger charge is 2.22. The van der Waals surface area contributed by atoms with Gasteiger partial charge in [0.15, 0.2) is 0 Å². The van der Waals surface area contributed by atoms with Crippen LogP contribution in [-0.4, -0.2) is 24.4 Å². The highest BCUT2D eigenvalue weighted by molar-refractivity contribution is 6.10. The number of aromatic nitrogens is 1. The van der Waals surface area contributed by atoms with E-state index in [1.54, 1.807) is 25.3 Å². The van der Waals surface area contributed by atoms with Crippen LogP contribution in [0.5, 0.6) is 11.5 Å². The molecule has 118 valence electrons. The summed E-state index contributed by atoms with van der Waals surface area (Å²) >= 11 is 0. The van der Waals surface area contributed by atoms with E-state index in [9.17, 15) is 4.79 Å². The number of hydrogen-bond acceptors (Lipinski definition) is 4. The molecule has 2 heterocycles. The van der Waals surface area contributed by atoms with Crippen molar-refractivity contribution in [2.24, 2.45) is 0 Å². The lowest BCUT2D eigenvalue weighted by atomic mass is 10.0. The Bertz CT molecular complexity index is 897. The van der Waals surface area contributed by atoms with E-state index in [0.29, 0.717) is 28.4 Å². The lowest BCUT2D eigenvalue weighted by molar-refractivity contribution is 0.103. The van der Waals surface area contributed by atoms with Crippen LogP contribution in [0.1, 0.15) is 21.6 Å². The SMILES string of the molecule is COc1cc(C(=O)c2c(C)c(OC)c3ccccn23)ccc1N. The Balaban J connectivity index is 2.20. The van der Waals surface area contributed by atoms with Crippen molar-refractivity contribution < 1.29 is 14.3 Å². The minimum absolute atomic E-state index is 0.106. The summed E-state index contributed by atoms with van der Waals surface area (Å²) in [5.41, 5.74) is 9.08. The largest absolute Gasteiger partial charge is 0.495 e. The fourth-order valence-electron chi connectivity index (χ4n) is 2.83. The van der Waals surface area contributed by atoms with Gasteiger partial charge in [0.1, 0.15) is 17.2 Å². The third-order valence-corrected chi connectivity index (χ3v) is 3.94. The summed E-state index contributed by atoms with van der Waals surface area (Å²) < 4.78 is 12.5. The van der Waals surface area contributed by atoms with Crippen molar-refractivity contribution in [3.8, 4) is 11.5 Å². The summed E-state index contributed by atoms with van der Waals surface area (Å²) in [6, 6.07) is 10.8. The van der Waals surface area contributed by atoms with Gasteiger partial charge in [-0.05, 0) is 37.3 Å². The molecule has 23 heavy (non-hydrogen) atoms. The van der Waals surface area contributed by atoms with Crippen LogP contribution in [0.25, 0.3) is 5.52 Å². The zero-order valence-electron chi connectivity index (χ0n) is 13.3. The fraction of sp³-hybridized carbons (Fsp3) is 0.167. The third-order valence-electron chi connectivity index (χ3n) is 3.94. The van der Waals surface area contributed by atoms with Gasteiger partial charge < -0.3 is 19.6 Å². The van der Waals surface area contributed by atoms with E-state index in [1.165, 1.54) is 7.11 Å². The number of nitrogens with zero attached hydrogens (tertiary/aromatic N) is 1. The molecule has 1 aromatic carbocycles. The standard InChI is InChI=1S/C18H18N2O3/c1-11-16(20-9-5-4-6-14(20)18(11)23-3)17(21)12-7-8-13(19)15(10-12)22-2/h4-10H,19H2,1-3H3. The number of methoxy groups -OCH3 is 2. The molecule has 0 amide bonds. The van der Waals surface area contributed by atoms with Crippen LogP contribution in [0.2, 0.25) is 0 Å². The van der Waals surface area contributed by atoms with Crippen molar-refractivity contribution in [1.29, 1.82) is 0 Å². The Morgan fingerprint density at radius 2 is 1.91 bits per heavy atom. The van der Waals surface area contributed by atoms with Crippen molar-refractivity contribution in [1.82, 2.24) is 4.40 Å². The Labute approximate surface area is 134 Å². The quantitative estimate of drug-likeness (QED) is 0.594. The second-order valence-electron chi connectivity index (χ2n) is 5.25. The van der Waals surface area contributed by atoms with Gasteiger partial charge in [0, 0.05) is 17.3 Å². The van der Waals surface area contributed by atoms with Crippen LogP contribution in [0.4, 0.5) is 5.69 Å². The molecule has 0 saturated carbocycles. The van der Waals surface area contributed by atoms with Gasteiger partial charge in [-0.1, -0.05) is 6.07 Å².